The fourth-order valence-electron chi connectivity index (χ4n) is 0.586. The van der Waals surface area contributed by atoms with E-state index in [4.69, 9.17) is 10.5 Å². The number of allylic oxidation sites excluding steroid dienone is 3. The number of hydrogen-bond acceptors (Lipinski definition) is 5. The summed E-state index contributed by atoms with van der Waals surface area (Å²) in [4.78, 5) is 10.8. The van der Waals surface area contributed by atoms with Crippen LogP contribution in [-0.2, 0) is 4.79 Å². The zero-order chi connectivity index (χ0) is 8.97. The van der Waals surface area contributed by atoms with Crippen molar-refractivity contribution in [3.63, 3.8) is 0 Å². The Kier molecular flexibility index (Phi) is 2.98. The van der Waals surface area contributed by atoms with Crippen molar-refractivity contribution in [1.82, 2.24) is 0 Å². The Balaban J connectivity index is 2.89. The monoisotopic (exact) mass is 194 g/mol. The van der Waals surface area contributed by atoms with Gasteiger partial charge in [0.25, 0.3) is 0 Å². The molecule has 0 amide bonds. The van der Waals surface area contributed by atoms with Crippen molar-refractivity contribution in [3.05, 3.63) is 20.1 Å². The van der Waals surface area contributed by atoms with E-state index in [0.717, 1.165) is 23.5 Å². The van der Waals surface area contributed by atoms with Crippen LogP contribution in [0.1, 0.15) is 0 Å². The van der Waals surface area contributed by atoms with E-state index in [9.17, 15) is 4.79 Å². The molecule has 1 rings (SSSR count). The fraction of sp³-hybridized carbons (Fsp3) is 0. The van der Waals surface area contributed by atoms with Gasteiger partial charge in [-0.3, -0.25) is 4.79 Å². The molecule has 0 saturated carbocycles. The molecule has 0 spiro atoms. The SMILES string of the molecule is N#CC1=C(C#N)SC(=CC=O)S1. The lowest BCUT2D eigenvalue weighted by Crippen LogP contribution is -1.66. The van der Waals surface area contributed by atoms with Crippen molar-refractivity contribution in [2.75, 3.05) is 0 Å². The highest BCUT2D eigenvalue weighted by atomic mass is 32.2. The number of hydrogen-bond donors (Lipinski definition) is 0. The highest BCUT2D eigenvalue weighted by Crippen LogP contribution is 2.47. The van der Waals surface area contributed by atoms with E-state index in [1.54, 1.807) is 0 Å². The maximum Gasteiger partial charge on any atom is 0.144 e. The first kappa shape index (κ1) is 8.92. The van der Waals surface area contributed by atoms with Crippen molar-refractivity contribution >= 4 is 29.8 Å². The number of thioether (sulfide) groups is 2. The zero-order valence-corrected chi connectivity index (χ0v) is 7.41. The van der Waals surface area contributed by atoms with E-state index in [2.05, 4.69) is 0 Å². The second kappa shape index (κ2) is 4.01. The summed E-state index contributed by atoms with van der Waals surface area (Å²) in [5.74, 6) is 0. The van der Waals surface area contributed by atoms with Crippen LogP contribution in [0.3, 0.4) is 0 Å². The molecule has 0 aromatic carbocycles. The molecule has 0 atom stereocenters. The molecular weight excluding hydrogens is 192 g/mol. The van der Waals surface area contributed by atoms with Crippen LogP contribution in [0.4, 0.5) is 0 Å². The third-order valence-corrected chi connectivity index (χ3v) is 3.32. The summed E-state index contributed by atoms with van der Waals surface area (Å²) in [6, 6.07) is 3.79. The van der Waals surface area contributed by atoms with Crippen LogP contribution >= 0.6 is 23.5 Å². The summed E-state index contributed by atoms with van der Waals surface area (Å²) in [7, 11) is 0. The van der Waals surface area contributed by atoms with Gasteiger partial charge in [0, 0.05) is 0 Å². The number of carbonyl (C=O) groups is 1. The third-order valence-electron chi connectivity index (χ3n) is 1.02. The highest BCUT2D eigenvalue weighted by Gasteiger charge is 2.20. The molecule has 0 aromatic rings. The van der Waals surface area contributed by atoms with E-state index >= 15 is 0 Å². The topological polar surface area (TPSA) is 64.7 Å². The molecule has 0 radical (unpaired) electrons. The first-order valence-electron chi connectivity index (χ1n) is 2.87. The van der Waals surface area contributed by atoms with Crippen LogP contribution in [-0.4, -0.2) is 6.29 Å². The van der Waals surface area contributed by atoms with Crippen molar-refractivity contribution in [2.24, 2.45) is 0 Å². The molecule has 0 fully saturated rings. The first-order chi connectivity index (χ1) is 5.81. The summed E-state index contributed by atoms with van der Waals surface area (Å²) < 4.78 is 0.679. The Hall–Kier alpha value is -1.17. The van der Waals surface area contributed by atoms with Gasteiger partial charge in [-0.1, -0.05) is 23.5 Å². The van der Waals surface area contributed by atoms with Gasteiger partial charge in [0.15, 0.2) is 0 Å². The summed E-state index contributed by atoms with van der Waals surface area (Å²) in [6.45, 7) is 0. The number of carbonyl (C=O) groups excluding carboxylic acids is 1. The third kappa shape index (κ3) is 1.70. The molecular formula is C7H2N2OS2. The normalized spacial score (nSPS) is 15.3. The van der Waals surface area contributed by atoms with E-state index in [1.807, 2.05) is 12.1 Å². The molecule has 5 heteroatoms. The van der Waals surface area contributed by atoms with E-state index in [0.29, 0.717) is 20.3 Å². The molecule has 0 aromatic heterocycles. The predicted molar refractivity (Wildman–Crippen MR) is 47.6 cm³/mol. The summed E-state index contributed by atoms with van der Waals surface area (Å²) in [6.07, 6.45) is 1.99. The van der Waals surface area contributed by atoms with Gasteiger partial charge in [0.1, 0.15) is 28.2 Å². The fourth-order valence-corrected chi connectivity index (χ4v) is 2.52. The summed E-state index contributed by atoms with van der Waals surface area (Å²) >= 11 is 2.31. The van der Waals surface area contributed by atoms with Crippen LogP contribution in [0.25, 0.3) is 0 Å². The molecule has 0 unspecified atom stereocenters. The first-order valence-corrected chi connectivity index (χ1v) is 4.50. The Morgan fingerprint density at radius 2 is 1.67 bits per heavy atom. The van der Waals surface area contributed by atoms with Gasteiger partial charge < -0.3 is 0 Å². The molecule has 0 saturated heterocycles. The van der Waals surface area contributed by atoms with Crippen LogP contribution < -0.4 is 0 Å². The standard InChI is InChI=1S/C7H2N2OS2/c8-3-5-6(4-9)12-7(11-5)1-2-10/h1-2H. The van der Waals surface area contributed by atoms with Crippen molar-refractivity contribution in [3.8, 4) is 12.1 Å². The number of aldehydes is 1. The minimum Gasteiger partial charge on any atom is -0.298 e. The molecule has 12 heavy (non-hydrogen) atoms. The van der Waals surface area contributed by atoms with Crippen LogP contribution in [0.5, 0.6) is 0 Å². The molecule has 3 nitrogen and oxygen atoms in total. The van der Waals surface area contributed by atoms with Crippen LogP contribution in [0.2, 0.25) is 0 Å². The van der Waals surface area contributed by atoms with Crippen LogP contribution in [0.15, 0.2) is 20.1 Å². The predicted octanol–water partition coefficient (Wildman–Crippen LogP) is 1.77. The molecule has 0 bridgehead atoms. The minimum atomic E-state index is 0.371. The van der Waals surface area contributed by atoms with Gasteiger partial charge in [-0.2, -0.15) is 10.5 Å². The zero-order valence-electron chi connectivity index (χ0n) is 5.77. The quantitative estimate of drug-likeness (QED) is 0.470. The Morgan fingerprint density at radius 3 is 2.00 bits per heavy atom. The highest BCUT2D eigenvalue weighted by molar-refractivity contribution is 8.28. The van der Waals surface area contributed by atoms with E-state index in [-0.39, 0.29) is 0 Å². The lowest BCUT2D eigenvalue weighted by molar-refractivity contribution is -0.104. The number of nitriles is 2. The molecule has 1 aliphatic heterocycles. The van der Waals surface area contributed by atoms with E-state index < -0.39 is 0 Å². The second-order valence-corrected chi connectivity index (χ2v) is 4.07. The Labute approximate surface area is 77.7 Å². The van der Waals surface area contributed by atoms with Crippen molar-refractivity contribution in [1.29, 1.82) is 10.5 Å². The Morgan fingerprint density at radius 1 is 1.17 bits per heavy atom. The van der Waals surface area contributed by atoms with Gasteiger partial charge >= 0.3 is 0 Å². The average Bonchev–Trinajstić information content (AvgIpc) is 2.48. The average molecular weight is 194 g/mol. The molecule has 0 aliphatic carbocycles. The molecule has 1 aliphatic rings. The second-order valence-electron chi connectivity index (χ2n) is 1.71. The minimum absolute atomic E-state index is 0.371. The number of rotatable bonds is 1. The smallest absolute Gasteiger partial charge is 0.144 e. The van der Waals surface area contributed by atoms with Gasteiger partial charge in [0.05, 0.1) is 4.24 Å². The lowest BCUT2D eigenvalue weighted by Gasteiger charge is -1.86. The van der Waals surface area contributed by atoms with Crippen LogP contribution in [0, 0.1) is 22.7 Å². The van der Waals surface area contributed by atoms with E-state index in [1.165, 1.54) is 6.08 Å². The summed E-state index contributed by atoms with van der Waals surface area (Å²) in [5, 5.41) is 17.1. The van der Waals surface area contributed by atoms with Gasteiger partial charge in [-0.15, -0.1) is 0 Å². The summed E-state index contributed by atoms with van der Waals surface area (Å²) in [5.41, 5.74) is 0. The molecule has 1 heterocycles. The maximum atomic E-state index is 10.1. The Bertz CT molecular complexity index is 329. The van der Waals surface area contributed by atoms with Gasteiger partial charge in [0.2, 0.25) is 0 Å². The van der Waals surface area contributed by atoms with Gasteiger partial charge in [-0.05, 0) is 6.08 Å². The van der Waals surface area contributed by atoms with Gasteiger partial charge in [-0.25, -0.2) is 0 Å². The molecule has 58 valence electrons. The largest absolute Gasteiger partial charge is 0.298 e. The van der Waals surface area contributed by atoms with Crippen molar-refractivity contribution < 1.29 is 4.79 Å². The van der Waals surface area contributed by atoms with Crippen molar-refractivity contribution in [2.45, 2.75) is 0 Å². The maximum absolute atomic E-state index is 10.1. The molecule has 0 N–H and O–H groups in total. The lowest BCUT2D eigenvalue weighted by atomic mass is 10.5. The number of nitrogens with zero attached hydrogens (tertiary/aromatic N) is 2.